The van der Waals surface area contributed by atoms with Crippen LogP contribution in [0.1, 0.15) is 31.9 Å². The van der Waals surface area contributed by atoms with E-state index in [-0.39, 0.29) is 5.91 Å². The van der Waals surface area contributed by atoms with Gasteiger partial charge in [-0.3, -0.25) is 9.69 Å². The summed E-state index contributed by atoms with van der Waals surface area (Å²) < 4.78 is 5.27. The first-order valence-electron chi connectivity index (χ1n) is 7.98. The normalized spacial score (nSPS) is 17.9. The van der Waals surface area contributed by atoms with Gasteiger partial charge >= 0.3 is 0 Å². The molecule has 2 N–H and O–H groups in total. The maximum Gasteiger partial charge on any atom is 0.223 e. The Labute approximate surface area is 127 Å². The highest BCUT2D eigenvalue weighted by Gasteiger charge is 2.24. The highest BCUT2D eigenvalue weighted by atomic mass is 16.3. The van der Waals surface area contributed by atoms with Gasteiger partial charge in [-0.25, -0.2) is 0 Å². The van der Waals surface area contributed by atoms with Crippen molar-refractivity contribution in [1.82, 2.24) is 9.80 Å². The van der Waals surface area contributed by atoms with E-state index in [9.17, 15) is 4.79 Å². The van der Waals surface area contributed by atoms with E-state index in [0.29, 0.717) is 18.9 Å². The van der Waals surface area contributed by atoms with Crippen molar-refractivity contribution in [3.8, 4) is 0 Å². The Kier molecular flexibility index (Phi) is 6.26. The van der Waals surface area contributed by atoms with Gasteiger partial charge in [-0.05, 0) is 31.5 Å². The summed E-state index contributed by atoms with van der Waals surface area (Å²) in [6, 6.07) is 4.35. The van der Waals surface area contributed by atoms with E-state index in [1.165, 1.54) is 0 Å². The van der Waals surface area contributed by atoms with Crippen LogP contribution in [0.15, 0.2) is 22.8 Å². The van der Waals surface area contributed by atoms with Crippen molar-refractivity contribution in [3.63, 3.8) is 0 Å². The molecular weight excluding hydrogens is 266 g/mol. The molecule has 0 spiro atoms. The van der Waals surface area contributed by atoms with Crippen molar-refractivity contribution in [2.45, 2.75) is 38.6 Å². The smallest absolute Gasteiger partial charge is 0.223 e. The number of piperazine rings is 1. The second-order valence-corrected chi connectivity index (χ2v) is 5.64. The van der Waals surface area contributed by atoms with Crippen molar-refractivity contribution in [2.24, 2.45) is 5.73 Å². The third-order valence-electron chi connectivity index (χ3n) is 4.32. The number of carbonyl (C=O) groups excluding carboxylic acids is 1. The molecule has 118 valence electrons. The third-order valence-corrected chi connectivity index (χ3v) is 4.32. The van der Waals surface area contributed by atoms with Crippen LogP contribution in [0, 0.1) is 0 Å². The molecule has 1 saturated heterocycles. The van der Waals surface area contributed by atoms with Crippen LogP contribution < -0.4 is 5.73 Å². The summed E-state index contributed by atoms with van der Waals surface area (Å²) in [5.74, 6) is 1.12. The Morgan fingerprint density at radius 3 is 2.71 bits per heavy atom. The molecule has 0 radical (unpaired) electrons. The number of rotatable bonds is 7. The van der Waals surface area contributed by atoms with Crippen molar-refractivity contribution in [2.75, 3.05) is 32.7 Å². The Morgan fingerprint density at radius 2 is 2.14 bits per heavy atom. The summed E-state index contributed by atoms with van der Waals surface area (Å²) in [4.78, 5) is 16.7. The lowest BCUT2D eigenvalue weighted by atomic mass is 10.1. The molecule has 1 atom stereocenters. The SMILES string of the molecule is CCC(CCN)N1CCN(C(=O)CCc2ccco2)CC1. The Bertz CT molecular complexity index is 411. The second kappa shape index (κ2) is 8.20. The molecule has 1 aromatic heterocycles. The number of nitrogens with two attached hydrogens (primary N) is 1. The molecule has 1 unspecified atom stereocenters. The van der Waals surface area contributed by atoms with Crippen LogP contribution in [0.5, 0.6) is 0 Å². The van der Waals surface area contributed by atoms with Crippen LogP contribution in [-0.2, 0) is 11.2 Å². The molecule has 5 heteroatoms. The van der Waals surface area contributed by atoms with E-state index in [1.807, 2.05) is 17.0 Å². The summed E-state index contributed by atoms with van der Waals surface area (Å²) in [5.41, 5.74) is 5.67. The number of hydrogen-bond donors (Lipinski definition) is 1. The number of aryl methyl sites for hydroxylation is 1. The highest BCUT2D eigenvalue weighted by Crippen LogP contribution is 2.13. The fraction of sp³-hybridized carbons (Fsp3) is 0.688. The third kappa shape index (κ3) is 4.58. The average molecular weight is 293 g/mol. The zero-order chi connectivity index (χ0) is 15.1. The molecule has 1 aliphatic rings. The van der Waals surface area contributed by atoms with E-state index >= 15 is 0 Å². The summed E-state index contributed by atoms with van der Waals surface area (Å²) in [7, 11) is 0. The van der Waals surface area contributed by atoms with Gasteiger partial charge in [-0.1, -0.05) is 6.92 Å². The van der Waals surface area contributed by atoms with Gasteiger partial charge in [0.15, 0.2) is 0 Å². The summed E-state index contributed by atoms with van der Waals surface area (Å²) in [6.07, 6.45) is 5.05. The summed E-state index contributed by atoms with van der Waals surface area (Å²) in [5, 5.41) is 0. The standard InChI is InChI=1S/C16H27N3O2/c1-2-14(7-8-17)18-9-11-19(12-10-18)16(20)6-5-15-4-3-13-21-15/h3-4,13-14H,2,5-12,17H2,1H3. The van der Waals surface area contributed by atoms with E-state index in [1.54, 1.807) is 6.26 Å². The monoisotopic (exact) mass is 293 g/mol. The predicted molar refractivity (Wildman–Crippen MR) is 82.9 cm³/mol. The largest absolute Gasteiger partial charge is 0.469 e. The van der Waals surface area contributed by atoms with Gasteiger partial charge < -0.3 is 15.1 Å². The predicted octanol–water partition coefficient (Wildman–Crippen LogP) is 1.48. The average Bonchev–Trinajstić information content (AvgIpc) is 3.04. The summed E-state index contributed by atoms with van der Waals surface area (Å²) in [6.45, 7) is 6.54. The van der Waals surface area contributed by atoms with Gasteiger partial charge in [-0.2, -0.15) is 0 Å². The number of carbonyl (C=O) groups is 1. The summed E-state index contributed by atoms with van der Waals surface area (Å²) >= 11 is 0. The molecule has 1 aromatic rings. The Hall–Kier alpha value is -1.33. The molecule has 2 rings (SSSR count). The van der Waals surface area contributed by atoms with Crippen molar-refractivity contribution >= 4 is 5.91 Å². The van der Waals surface area contributed by atoms with Crippen LogP contribution >= 0.6 is 0 Å². The molecule has 1 fully saturated rings. The Balaban J connectivity index is 1.73. The molecule has 0 saturated carbocycles. The second-order valence-electron chi connectivity index (χ2n) is 5.64. The number of furan rings is 1. The van der Waals surface area contributed by atoms with Crippen LogP contribution in [0.2, 0.25) is 0 Å². The first-order chi connectivity index (χ1) is 10.2. The van der Waals surface area contributed by atoms with Gasteiger partial charge in [0, 0.05) is 45.1 Å². The van der Waals surface area contributed by atoms with Crippen molar-refractivity contribution in [1.29, 1.82) is 0 Å². The van der Waals surface area contributed by atoms with Crippen molar-refractivity contribution in [3.05, 3.63) is 24.2 Å². The maximum absolute atomic E-state index is 12.2. The minimum Gasteiger partial charge on any atom is -0.469 e. The van der Waals surface area contributed by atoms with E-state index in [0.717, 1.165) is 51.3 Å². The molecular formula is C16H27N3O2. The first-order valence-corrected chi connectivity index (χ1v) is 7.98. The molecule has 1 amide bonds. The molecule has 2 heterocycles. The Morgan fingerprint density at radius 1 is 1.38 bits per heavy atom. The first kappa shape index (κ1) is 16.0. The number of nitrogens with zero attached hydrogens (tertiary/aromatic N) is 2. The molecule has 1 aliphatic heterocycles. The van der Waals surface area contributed by atoms with Gasteiger partial charge in [0.05, 0.1) is 6.26 Å². The lowest BCUT2D eigenvalue weighted by molar-refractivity contribution is -0.133. The highest BCUT2D eigenvalue weighted by molar-refractivity contribution is 5.76. The zero-order valence-corrected chi connectivity index (χ0v) is 13.0. The molecule has 0 bridgehead atoms. The lowest BCUT2D eigenvalue weighted by Gasteiger charge is -2.39. The van der Waals surface area contributed by atoms with Gasteiger partial charge in [0.1, 0.15) is 5.76 Å². The quantitative estimate of drug-likeness (QED) is 0.827. The van der Waals surface area contributed by atoms with E-state index in [4.69, 9.17) is 10.2 Å². The minimum absolute atomic E-state index is 0.234. The fourth-order valence-corrected chi connectivity index (χ4v) is 3.02. The topological polar surface area (TPSA) is 62.7 Å². The lowest BCUT2D eigenvalue weighted by Crippen LogP contribution is -2.52. The molecule has 0 aliphatic carbocycles. The molecule has 0 aromatic carbocycles. The maximum atomic E-state index is 12.2. The van der Waals surface area contributed by atoms with Crippen LogP contribution in [-0.4, -0.2) is 54.5 Å². The number of amides is 1. The van der Waals surface area contributed by atoms with Gasteiger partial charge in [0.2, 0.25) is 5.91 Å². The van der Waals surface area contributed by atoms with Crippen LogP contribution in [0.3, 0.4) is 0 Å². The van der Waals surface area contributed by atoms with Crippen LogP contribution in [0.25, 0.3) is 0 Å². The van der Waals surface area contributed by atoms with Crippen molar-refractivity contribution < 1.29 is 9.21 Å². The van der Waals surface area contributed by atoms with E-state index < -0.39 is 0 Å². The zero-order valence-electron chi connectivity index (χ0n) is 13.0. The fourth-order valence-electron chi connectivity index (χ4n) is 3.02. The van der Waals surface area contributed by atoms with Gasteiger partial charge in [0.25, 0.3) is 0 Å². The van der Waals surface area contributed by atoms with E-state index in [2.05, 4.69) is 11.8 Å². The van der Waals surface area contributed by atoms with Gasteiger partial charge in [-0.15, -0.1) is 0 Å². The minimum atomic E-state index is 0.234. The molecule has 5 nitrogen and oxygen atoms in total. The van der Waals surface area contributed by atoms with Crippen LogP contribution in [0.4, 0.5) is 0 Å². The molecule has 21 heavy (non-hydrogen) atoms. The number of hydrogen-bond acceptors (Lipinski definition) is 4.